The number of piperazine rings is 1. The van der Waals surface area contributed by atoms with Crippen molar-refractivity contribution in [2.75, 3.05) is 26.2 Å². The van der Waals surface area contributed by atoms with Gasteiger partial charge >= 0.3 is 0 Å². The molecule has 12 nitrogen and oxygen atoms in total. The molecule has 6 aromatic heterocycles. The van der Waals surface area contributed by atoms with Gasteiger partial charge in [0.2, 0.25) is 0 Å². The van der Waals surface area contributed by atoms with Crippen LogP contribution in [0, 0.1) is 0 Å². The number of fused-ring (bicyclic) bond motifs is 2. The number of nitrogens with zero attached hydrogens (tertiary/aromatic N) is 8. The van der Waals surface area contributed by atoms with Crippen molar-refractivity contribution in [3.8, 4) is 23.0 Å². The molecule has 1 fully saturated rings. The van der Waals surface area contributed by atoms with Gasteiger partial charge in [0.15, 0.2) is 22.9 Å². The van der Waals surface area contributed by atoms with E-state index in [2.05, 4.69) is 39.9 Å². The molecule has 0 spiro atoms. The summed E-state index contributed by atoms with van der Waals surface area (Å²) >= 11 is 0. The van der Waals surface area contributed by atoms with Gasteiger partial charge < -0.3 is 19.8 Å². The lowest BCUT2D eigenvalue weighted by molar-refractivity contribution is 0.0529. The lowest BCUT2D eigenvalue weighted by Gasteiger charge is -2.34. The molecule has 7 heterocycles. The molecule has 6 aromatic rings. The molecule has 1 saturated heterocycles. The number of amides is 2. The number of nitrogens with one attached hydrogen (secondary N) is 2. The number of carbonyl (C=O) groups excluding carboxylic acids is 2. The third kappa shape index (κ3) is 4.30. The van der Waals surface area contributed by atoms with Crippen LogP contribution in [-0.2, 0) is 0 Å². The second kappa shape index (κ2) is 9.66. The molecule has 0 unspecified atom stereocenters. The van der Waals surface area contributed by atoms with Crippen LogP contribution in [0.25, 0.3) is 45.4 Å². The van der Waals surface area contributed by atoms with Gasteiger partial charge in [-0.3, -0.25) is 9.59 Å². The van der Waals surface area contributed by atoms with Crippen LogP contribution >= 0.6 is 0 Å². The fourth-order valence-electron chi connectivity index (χ4n) is 4.74. The van der Waals surface area contributed by atoms with E-state index < -0.39 is 0 Å². The SMILES string of the molecule is O=C(c1cccc(-c2nc3ncccc3[nH]2)n1)N1CCN(C(=O)c2cccc(-c3nc4ncccc4[nH]3)n2)CC1. The molecular formula is C28H22N10O2. The monoisotopic (exact) mass is 530 g/mol. The summed E-state index contributed by atoms with van der Waals surface area (Å²) in [6.45, 7) is 1.56. The van der Waals surface area contributed by atoms with E-state index in [9.17, 15) is 9.59 Å². The normalized spacial score (nSPS) is 13.7. The van der Waals surface area contributed by atoms with Crippen molar-refractivity contribution >= 4 is 34.1 Å². The first-order chi connectivity index (χ1) is 19.6. The Balaban J connectivity index is 1.03. The van der Waals surface area contributed by atoms with Crippen molar-refractivity contribution in [2.24, 2.45) is 0 Å². The first-order valence-corrected chi connectivity index (χ1v) is 12.8. The number of aromatic amines is 2. The largest absolute Gasteiger partial charge is 0.335 e. The standard InChI is InChI=1S/C28H22N10O2/c39-27(21-7-1-5-19(31-21)25-33-17-9-3-11-29-23(17)35-25)37-13-15-38(16-14-37)28(40)22-8-2-6-20(32-22)26-34-18-10-4-12-30-24(18)36-26/h1-12H,13-16H2,(H,29,33,35)(H,30,34,36). The highest BCUT2D eigenvalue weighted by Crippen LogP contribution is 2.20. The maximum Gasteiger partial charge on any atom is 0.272 e. The minimum atomic E-state index is -0.193. The molecule has 2 N–H and O–H groups in total. The highest BCUT2D eigenvalue weighted by molar-refractivity contribution is 5.94. The zero-order valence-corrected chi connectivity index (χ0v) is 21.2. The summed E-state index contributed by atoms with van der Waals surface area (Å²) in [6.07, 6.45) is 3.35. The van der Waals surface area contributed by atoms with Crippen molar-refractivity contribution in [3.63, 3.8) is 0 Å². The molecule has 0 bridgehead atoms. The van der Waals surface area contributed by atoms with Gasteiger partial charge in [-0.2, -0.15) is 0 Å². The Morgan fingerprint density at radius 1 is 0.575 bits per heavy atom. The molecule has 2 amide bonds. The molecule has 196 valence electrons. The van der Waals surface area contributed by atoms with E-state index in [1.807, 2.05) is 24.3 Å². The Kier molecular flexibility index (Phi) is 5.69. The summed E-state index contributed by atoms with van der Waals surface area (Å²) in [7, 11) is 0. The van der Waals surface area contributed by atoms with Crippen LogP contribution in [0.2, 0.25) is 0 Å². The molecule has 0 atom stereocenters. The van der Waals surface area contributed by atoms with Gasteiger partial charge in [0.25, 0.3) is 11.8 Å². The predicted molar refractivity (Wildman–Crippen MR) is 146 cm³/mol. The molecule has 0 aromatic carbocycles. The van der Waals surface area contributed by atoms with Crippen molar-refractivity contribution in [3.05, 3.63) is 84.4 Å². The lowest BCUT2D eigenvalue weighted by Crippen LogP contribution is -2.50. The fraction of sp³-hybridized carbons (Fsp3) is 0.143. The smallest absolute Gasteiger partial charge is 0.272 e. The van der Waals surface area contributed by atoms with Gasteiger partial charge in [-0.05, 0) is 48.5 Å². The van der Waals surface area contributed by atoms with E-state index in [4.69, 9.17) is 0 Å². The Morgan fingerprint density at radius 3 is 1.45 bits per heavy atom. The zero-order valence-electron chi connectivity index (χ0n) is 21.2. The third-order valence-corrected chi connectivity index (χ3v) is 6.79. The summed E-state index contributed by atoms with van der Waals surface area (Å²) in [5.74, 6) is 0.711. The van der Waals surface area contributed by atoms with Crippen molar-refractivity contribution in [1.82, 2.24) is 49.7 Å². The van der Waals surface area contributed by atoms with Crippen molar-refractivity contribution < 1.29 is 9.59 Å². The second-order valence-electron chi connectivity index (χ2n) is 9.32. The van der Waals surface area contributed by atoms with Crippen LogP contribution in [0.3, 0.4) is 0 Å². The van der Waals surface area contributed by atoms with Crippen LogP contribution in [0.1, 0.15) is 21.0 Å². The number of H-pyrrole nitrogens is 2. The molecular weight excluding hydrogens is 508 g/mol. The third-order valence-electron chi connectivity index (χ3n) is 6.79. The Morgan fingerprint density at radius 2 is 1.02 bits per heavy atom. The van der Waals surface area contributed by atoms with Crippen LogP contribution in [0.5, 0.6) is 0 Å². The predicted octanol–water partition coefficient (Wildman–Crippen LogP) is 2.95. The van der Waals surface area contributed by atoms with Gasteiger partial charge in [-0.25, -0.2) is 29.9 Å². The summed E-state index contributed by atoms with van der Waals surface area (Å²) < 4.78 is 0. The van der Waals surface area contributed by atoms with Gasteiger partial charge in [0.1, 0.15) is 22.8 Å². The molecule has 12 heteroatoms. The molecule has 1 aliphatic rings. The average Bonchev–Trinajstić information content (AvgIpc) is 3.65. The van der Waals surface area contributed by atoms with E-state index >= 15 is 0 Å². The maximum atomic E-state index is 13.3. The van der Waals surface area contributed by atoms with Crippen LogP contribution in [-0.4, -0.2) is 87.7 Å². The van der Waals surface area contributed by atoms with E-state index in [-0.39, 0.29) is 11.8 Å². The quantitative estimate of drug-likeness (QED) is 0.353. The highest BCUT2D eigenvalue weighted by atomic mass is 16.2. The van der Waals surface area contributed by atoms with Crippen molar-refractivity contribution in [2.45, 2.75) is 0 Å². The Hall–Kier alpha value is -5.52. The van der Waals surface area contributed by atoms with E-state index in [0.29, 0.717) is 71.9 Å². The van der Waals surface area contributed by atoms with Gasteiger partial charge in [0.05, 0.1) is 11.0 Å². The average molecular weight is 531 g/mol. The number of hydrogen-bond donors (Lipinski definition) is 2. The Labute approximate surface area is 227 Å². The summed E-state index contributed by atoms with van der Waals surface area (Å²) in [6, 6.07) is 18.0. The first-order valence-electron chi connectivity index (χ1n) is 12.8. The number of pyridine rings is 4. The highest BCUT2D eigenvalue weighted by Gasteiger charge is 2.27. The summed E-state index contributed by atoms with van der Waals surface area (Å²) in [5, 5.41) is 0. The number of aromatic nitrogens is 8. The number of imidazole rings is 2. The van der Waals surface area contributed by atoms with Crippen LogP contribution < -0.4 is 0 Å². The van der Waals surface area contributed by atoms with E-state index in [0.717, 1.165) is 11.0 Å². The number of hydrogen-bond acceptors (Lipinski definition) is 8. The molecule has 7 rings (SSSR count). The van der Waals surface area contributed by atoms with Gasteiger partial charge in [-0.1, -0.05) is 12.1 Å². The topological polar surface area (TPSA) is 150 Å². The van der Waals surface area contributed by atoms with E-state index in [1.165, 1.54) is 0 Å². The zero-order chi connectivity index (χ0) is 27.1. The molecule has 0 saturated carbocycles. The van der Waals surface area contributed by atoms with Crippen molar-refractivity contribution in [1.29, 1.82) is 0 Å². The number of carbonyl (C=O) groups is 2. The Bertz CT molecular complexity index is 1680. The molecule has 0 aliphatic carbocycles. The lowest BCUT2D eigenvalue weighted by atomic mass is 10.2. The molecule has 0 radical (unpaired) electrons. The summed E-state index contributed by atoms with van der Waals surface area (Å²) in [5.41, 5.74) is 4.53. The fourth-order valence-corrected chi connectivity index (χ4v) is 4.74. The second-order valence-corrected chi connectivity index (χ2v) is 9.32. The summed E-state index contributed by atoms with van der Waals surface area (Å²) in [4.78, 5) is 62.9. The molecule has 40 heavy (non-hydrogen) atoms. The minimum absolute atomic E-state index is 0.193. The van der Waals surface area contributed by atoms with Crippen LogP contribution in [0.15, 0.2) is 73.1 Å². The maximum absolute atomic E-state index is 13.3. The van der Waals surface area contributed by atoms with Crippen LogP contribution in [0.4, 0.5) is 0 Å². The van der Waals surface area contributed by atoms with E-state index in [1.54, 1.807) is 58.6 Å². The first kappa shape index (κ1) is 23.6. The van der Waals surface area contributed by atoms with Gasteiger partial charge in [0, 0.05) is 38.6 Å². The number of rotatable bonds is 4. The molecule has 1 aliphatic heterocycles. The minimum Gasteiger partial charge on any atom is -0.335 e. The van der Waals surface area contributed by atoms with Gasteiger partial charge in [-0.15, -0.1) is 0 Å².